The van der Waals surface area contributed by atoms with E-state index in [4.69, 9.17) is 10.5 Å². The summed E-state index contributed by atoms with van der Waals surface area (Å²) in [5, 5.41) is 2.78. The van der Waals surface area contributed by atoms with Crippen molar-refractivity contribution in [1.29, 1.82) is 0 Å². The van der Waals surface area contributed by atoms with E-state index >= 15 is 0 Å². The maximum absolute atomic E-state index is 11.9. The van der Waals surface area contributed by atoms with Gasteiger partial charge in [0.25, 0.3) is 5.91 Å². The van der Waals surface area contributed by atoms with Crippen molar-refractivity contribution in [3.8, 4) is 5.75 Å². The zero-order chi connectivity index (χ0) is 15.4. The average molecular weight is 414 g/mol. The Morgan fingerprint density at radius 2 is 2.00 bits per heavy atom. The lowest BCUT2D eigenvalue weighted by molar-refractivity contribution is -0.118. The molecule has 4 nitrogen and oxygen atoms in total. The molecule has 0 aliphatic rings. The maximum Gasteiger partial charge on any atom is 0.262 e. The molecule has 3 N–H and O–H groups in total. The number of ether oxygens (including phenoxy) is 1. The highest BCUT2D eigenvalue weighted by Gasteiger charge is 2.08. The summed E-state index contributed by atoms with van der Waals surface area (Å²) in [6, 6.07) is 10.9. The highest BCUT2D eigenvalue weighted by molar-refractivity contribution is 9.11. The fourth-order valence-electron chi connectivity index (χ4n) is 1.70. The van der Waals surface area contributed by atoms with Crippen molar-refractivity contribution in [2.24, 2.45) is 0 Å². The molecule has 2 aromatic carbocycles. The number of hydrogen-bond acceptors (Lipinski definition) is 3. The van der Waals surface area contributed by atoms with Gasteiger partial charge in [-0.3, -0.25) is 4.79 Å². The summed E-state index contributed by atoms with van der Waals surface area (Å²) in [7, 11) is 0. The lowest BCUT2D eigenvalue weighted by Crippen LogP contribution is -2.20. The Bertz CT molecular complexity index is 675. The zero-order valence-corrected chi connectivity index (χ0v) is 14.5. The minimum atomic E-state index is -0.237. The molecule has 2 aromatic rings. The van der Waals surface area contributed by atoms with Gasteiger partial charge in [0.05, 0.1) is 4.47 Å². The molecule has 0 aliphatic heterocycles. The van der Waals surface area contributed by atoms with Gasteiger partial charge in [0.2, 0.25) is 0 Å². The van der Waals surface area contributed by atoms with Crippen LogP contribution in [-0.2, 0) is 4.79 Å². The second-order valence-electron chi connectivity index (χ2n) is 4.49. The van der Waals surface area contributed by atoms with E-state index in [0.717, 1.165) is 14.5 Å². The first kappa shape index (κ1) is 15.9. The lowest BCUT2D eigenvalue weighted by atomic mass is 10.2. The van der Waals surface area contributed by atoms with Crippen LogP contribution in [0.4, 0.5) is 11.4 Å². The number of anilines is 2. The second-order valence-corrected chi connectivity index (χ2v) is 6.26. The molecule has 1 amide bonds. The van der Waals surface area contributed by atoms with E-state index in [1.165, 1.54) is 0 Å². The molecular formula is C15H14Br2N2O2. The summed E-state index contributed by atoms with van der Waals surface area (Å²) in [6.45, 7) is 1.83. The van der Waals surface area contributed by atoms with Gasteiger partial charge in [-0.25, -0.2) is 0 Å². The number of nitrogens with one attached hydrogen (secondary N) is 1. The molecule has 0 spiro atoms. The maximum atomic E-state index is 11.9. The van der Waals surface area contributed by atoms with Crippen LogP contribution in [0.25, 0.3) is 0 Å². The lowest BCUT2D eigenvalue weighted by Gasteiger charge is -2.11. The SMILES string of the molecule is Cc1ccc(N)cc1NC(=O)COc1ccc(Br)cc1Br. The van der Waals surface area contributed by atoms with Crippen molar-refractivity contribution in [3.05, 3.63) is 50.9 Å². The molecule has 0 aromatic heterocycles. The molecule has 0 fully saturated rings. The molecule has 21 heavy (non-hydrogen) atoms. The molecule has 0 saturated carbocycles. The number of amides is 1. The van der Waals surface area contributed by atoms with Gasteiger partial charge in [-0.2, -0.15) is 0 Å². The molecule has 0 unspecified atom stereocenters. The van der Waals surface area contributed by atoms with Crippen LogP contribution in [0, 0.1) is 6.92 Å². The Morgan fingerprint density at radius 3 is 2.71 bits per heavy atom. The van der Waals surface area contributed by atoms with Crippen molar-refractivity contribution in [2.75, 3.05) is 17.7 Å². The van der Waals surface area contributed by atoms with Crippen molar-refractivity contribution >= 4 is 49.1 Å². The number of halogens is 2. The molecule has 0 saturated heterocycles. The molecule has 0 heterocycles. The van der Waals surface area contributed by atoms with Crippen LogP contribution in [0.15, 0.2) is 45.3 Å². The highest BCUT2D eigenvalue weighted by Crippen LogP contribution is 2.28. The quantitative estimate of drug-likeness (QED) is 0.741. The van der Waals surface area contributed by atoms with Crippen LogP contribution in [0.1, 0.15) is 5.56 Å². The van der Waals surface area contributed by atoms with Gasteiger partial charge in [-0.1, -0.05) is 22.0 Å². The Hall–Kier alpha value is -1.53. The summed E-state index contributed by atoms with van der Waals surface area (Å²) in [5.41, 5.74) is 7.95. The van der Waals surface area contributed by atoms with Crippen molar-refractivity contribution in [3.63, 3.8) is 0 Å². The van der Waals surface area contributed by atoms with E-state index < -0.39 is 0 Å². The van der Waals surface area contributed by atoms with E-state index in [1.807, 2.05) is 25.1 Å². The smallest absolute Gasteiger partial charge is 0.262 e. The number of nitrogens with two attached hydrogens (primary N) is 1. The summed E-state index contributed by atoms with van der Waals surface area (Å²) in [4.78, 5) is 11.9. The predicted molar refractivity (Wildman–Crippen MR) is 91.6 cm³/mol. The molecule has 0 radical (unpaired) electrons. The fraction of sp³-hybridized carbons (Fsp3) is 0.133. The minimum absolute atomic E-state index is 0.0749. The fourth-order valence-corrected chi connectivity index (χ4v) is 2.86. The Balaban J connectivity index is 1.97. The number of nitrogen functional groups attached to an aromatic ring is 1. The molecule has 110 valence electrons. The van der Waals surface area contributed by atoms with Crippen LogP contribution in [-0.4, -0.2) is 12.5 Å². The molecule has 6 heteroatoms. The van der Waals surface area contributed by atoms with Crippen LogP contribution < -0.4 is 15.8 Å². The summed E-state index contributed by atoms with van der Waals surface area (Å²) < 4.78 is 7.20. The standard InChI is InChI=1S/C15H14Br2N2O2/c1-9-2-4-11(18)7-13(9)19-15(20)8-21-14-5-3-10(16)6-12(14)17/h2-7H,8,18H2,1H3,(H,19,20). The Morgan fingerprint density at radius 1 is 1.24 bits per heavy atom. The van der Waals surface area contributed by atoms with Crippen LogP contribution >= 0.6 is 31.9 Å². The van der Waals surface area contributed by atoms with E-state index in [2.05, 4.69) is 37.2 Å². The third kappa shape index (κ3) is 4.47. The van der Waals surface area contributed by atoms with Gasteiger partial charge >= 0.3 is 0 Å². The number of carbonyl (C=O) groups excluding carboxylic acids is 1. The van der Waals surface area contributed by atoms with Crippen LogP contribution in [0.2, 0.25) is 0 Å². The van der Waals surface area contributed by atoms with Gasteiger partial charge < -0.3 is 15.8 Å². The second kappa shape index (κ2) is 6.95. The number of aryl methyl sites for hydroxylation is 1. The largest absolute Gasteiger partial charge is 0.483 e. The van der Waals surface area contributed by atoms with Crippen LogP contribution in [0.3, 0.4) is 0 Å². The first-order chi connectivity index (χ1) is 9.95. The van der Waals surface area contributed by atoms with Gasteiger partial charge in [0, 0.05) is 15.8 Å². The van der Waals surface area contributed by atoms with Gasteiger partial charge in [-0.05, 0) is 58.7 Å². The van der Waals surface area contributed by atoms with Crippen LogP contribution in [0.5, 0.6) is 5.75 Å². The van der Waals surface area contributed by atoms with E-state index in [0.29, 0.717) is 17.1 Å². The van der Waals surface area contributed by atoms with Gasteiger partial charge in [-0.15, -0.1) is 0 Å². The summed E-state index contributed by atoms with van der Waals surface area (Å²) in [5.74, 6) is 0.371. The van der Waals surface area contributed by atoms with E-state index in [1.54, 1.807) is 18.2 Å². The molecular weight excluding hydrogens is 400 g/mol. The third-order valence-corrected chi connectivity index (χ3v) is 3.90. The topological polar surface area (TPSA) is 64.3 Å². The molecule has 0 atom stereocenters. The van der Waals surface area contributed by atoms with Gasteiger partial charge in [0.1, 0.15) is 5.75 Å². The normalized spacial score (nSPS) is 10.2. The van der Waals surface area contributed by atoms with Gasteiger partial charge in [0.15, 0.2) is 6.61 Å². The average Bonchev–Trinajstić information content (AvgIpc) is 2.42. The highest BCUT2D eigenvalue weighted by atomic mass is 79.9. The summed E-state index contributed by atoms with van der Waals surface area (Å²) >= 11 is 6.74. The molecule has 2 rings (SSSR count). The summed E-state index contributed by atoms with van der Waals surface area (Å²) in [6.07, 6.45) is 0. The van der Waals surface area contributed by atoms with E-state index in [9.17, 15) is 4.79 Å². The number of carbonyl (C=O) groups is 1. The Labute approximate surface area is 139 Å². The number of hydrogen-bond donors (Lipinski definition) is 2. The van der Waals surface area contributed by atoms with Crippen molar-refractivity contribution < 1.29 is 9.53 Å². The Kier molecular flexibility index (Phi) is 5.25. The molecule has 0 bridgehead atoms. The van der Waals surface area contributed by atoms with Crippen molar-refractivity contribution in [1.82, 2.24) is 0 Å². The minimum Gasteiger partial charge on any atom is -0.483 e. The monoisotopic (exact) mass is 412 g/mol. The molecule has 0 aliphatic carbocycles. The van der Waals surface area contributed by atoms with Crippen molar-refractivity contribution in [2.45, 2.75) is 6.92 Å². The number of rotatable bonds is 4. The first-order valence-corrected chi connectivity index (χ1v) is 7.78. The predicted octanol–water partition coefficient (Wildman–Crippen LogP) is 4.12. The van der Waals surface area contributed by atoms with E-state index in [-0.39, 0.29) is 12.5 Å². The number of benzene rings is 2. The first-order valence-electron chi connectivity index (χ1n) is 6.19. The third-order valence-electron chi connectivity index (χ3n) is 2.79. The zero-order valence-electron chi connectivity index (χ0n) is 11.3.